The molecule has 0 saturated carbocycles. The number of hydrogen-bond donors (Lipinski definition) is 0. The zero-order chi connectivity index (χ0) is 17.4. The molecule has 0 atom stereocenters. The van der Waals surface area contributed by atoms with Gasteiger partial charge in [-0.2, -0.15) is 0 Å². The summed E-state index contributed by atoms with van der Waals surface area (Å²) in [4.78, 5) is 11.5. The van der Waals surface area contributed by atoms with E-state index in [0.717, 1.165) is 0 Å². The zero-order valence-electron chi connectivity index (χ0n) is 13.3. The Morgan fingerprint density at radius 3 is 2.92 bits per heavy atom. The molecule has 128 valence electrons. The van der Waals surface area contributed by atoms with Crippen LogP contribution in [0.5, 0.6) is 5.75 Å². The Morgan fingerprint density at radius 1 is 1.42 bits per heavy atom. The van der Waals surface area contributed by atoms with Gasteiger partial charge in [0, 0.05) is 6.54 Å². The van der Waals surface area contributed by atoms with Crippen LogP contribution < -0.4 is 4.74 Å². The maximum atomic E-state index is 11.5. The Labute approximate surface area is 149 Å². The van der Waals surface area contributed by atoms with Gasteiger partial charge in [-0.05, 0) is 19.1 Å². The van der Waals surface area contributed by atoms with Gasteiger partial charge >= 0.3 is 5.97 Å². The highest BCUT2D eigenvalue weighted by molar-refractivity contribution is 7.99. The first-order valence-electron chi connectivity index (χ1n) is 7.34. The summed E-state index contributed by atoms with van der Waals surface area (Å²) < 4.78 is 12.4. The Balaban J connectivity index is 2.05. The predicted molar refractivity (Wildman–Crippen MR) is 93.4 cm³/mol. The third kappa shape index (κ3) is 5.01. The van der Waals surface area contributed by atoms with Crippen LogP contribution in [0.2, 0.25) is 5.02 Å². The summed E-state index contributed by atoms with van der Waals surface area (Å²) in [5.74, 6) is 1.09. The van der Waals surface area contributed by atoms with Crippen molar-refractivity contribution in [2.24, 2.45) is 0 Å². The lowest BCUT2D eigenvalue weighted by molar-refractivity contribution is -0.139. The molecule has 8 heteroatoms. The average molecular weight is 368 g/mol. The van der Waals surface area contributed by atoms with Crippen LogP contribution in [0.1, 0.15) is 12.7 Å². The van der Waals surface area contributed by atoms with E-state index < -0.39 is 0 Å². The number of benzene rings is 1. The van der Waals surface area contributed by atoms with Crippen LogP contribution in [0.4, 0.5) is 0 Å². The van der Waals surface area contributed by atoms with Gasteiger partial charge in [0.25, 0.3) is 0 Å². The van der Waals surface area contributed by atoms with Crippen LogP contribution in [-0.2, 0) is 22.7 Å². The van der Waals surface area contributed by atoms with Crippen LogP contribution in [-0.4, -0.2) is 33.1 Å². The van der Waals surface area contributed by atoms with E-state index in [0.29, 0.717) is 34.9 Å². The Hall–Kier alpha value is -1.99. The Kier molecular flexibility index (Phi) is 7.14. The van der Waals surface area contributed by atoms with Crippen LogP contribution in [0.25, 0.3) is 0 Å². The van der Waals surface area contributed by atoms with Crippen molar-refractivity contribution >= 4 is 29.3 Å². The molecule has 0 aliphatic heterocycles. The van der Waals surface area contributed by atoms with Crippen LogP contribution in [0.15, 0.2) is 42.1 Å². The lowest BCUT2D eigenvalue weighted by Crippen LogP contribution is -2.10. The summed E-state index contributed by atoms with van der Waals surface area (Å²) in [6.07, 6.45) is 1.73. The maximum Gasteiger partial charge on any atom is 0.316 e. The number of ether oxygens (including phenoxy) is 2. The van der Waals surface area contributed by atoms with Gasteiger partial charge < -0.3 is 9.47 Å². The number of thioether (sulfide) groups is 1. The largest absolute Gasteiger partial charge is 0.484 e. The lowest BCUT2D eigenvalue weighted by atomic mass is 10.3. The monoisotopic (exact) mass is 367 g/mol. The molecule has 0 fully saturated rings. The summed E-state index contributed by atoms with van der Waals surface area (Å²) in [5.41, 5.74) is 0. The van der Waals surface area contributed by atoms with Crippen LogP contribution in [0, 0.1) is 0 Å². The summed E-state index contributed by atoms with van der Waals surface area (Å²) >= 11 is 7.34. The van der Waals surface area contributed by atoms with Crippen molar-refractivity contribution in [1.29, 1.82) is 0 Å². The number of halogens is 1. The number of rotatable bonds is 9. The fraction of sp³-hybridized carbons (Fsp3) is 0.312. The maximum absolute atomic E-state index is 11.5. The van der Waals surface area contributed by atoms with E-state index in [9.17, 15) is 4.79 Å². The Morgan fingerprint density at radius 2 is 2.21 bits per heavy atom. The number of para-hydroxylation sites is 1. The van der Waals surface area contributed by atoms with Gasteiger partial charge in [-0.15, -0.1) is 16.8 Å². The zero-order valence-corrected chi connectivity index (χ0v) is 14.8. The molecule has 2 rings (SSSR count). The van der Waals surface area contributed by atoms with E-state index in [1.165, 1.54) is 11.8 Å². The molecule has 0 radical (unpaired) electrons. The van der Waals surface area contributed by atoms with Crippen LogP contribution in [0.3, 0.4) is 0 Å². The average Bonchev–Trinajstić information content (AvgIpc) is 2.95. The number of allylic oxidation sites excluding steroid dienone is 1. The third-order valence-corrected chi connectivity index (χ3v) is 4.18. The predicted octanol–water partition coefficient (Wildman–Crippen LogP) is 3.35. The molecule has 24 heavy (non-hydrogen) atoms. The first-order valence-corrected chi connectivity index (χ1v) is 8.70. The van der Waals surface area contributed by atoms with E-state index >= 15 is 0 Å². The highest BCUT2D eigenvalue weighted by Crippen LogP contribution is 2.24. The van der Waals surface area contributed by atoms with Gasteiger partial charge in [0.1, 0.15) is 12.4 Å². The molecule has 0 spiro atoms. The molecule has 1 heterocycles. The molecular formula is C16H18ClN3O3S. The molecule has 0 bridgehead atoms. The molecule has 6 nitrogen and oxygen atoms in total. The minimum atomic E-state index is -0.287. The lowest BCUT2D eigenvalue weighted by Gasteiger charge is -2.09. The summed E-state index contributed by atoms with van der Waals surface area (Å²) in [6.45, 7) is 6.59. The Bertz CT molecular complexity index is 706. The second-order valence-corrected chi connectivity index (χ2v) is 5.96. The van der Waals surface area contributed by atoms with Crippen molar-refractivity contribution in [3.8, 4) is 5.75 Å². The minimum Gasteiger partial charge on any atom is -0.484 e. The molecule has 0 amide bonds. The molecule has 0 N–H and O–H groups in total. The van der Waals surface area contributed by atoms with Gasteiger partial charge in [0.05, 0.1) is 17.4 Å². The van der Waals surface area contributed by atoms with Gasteiger partial charge in [0.2, 0.25) is 0 Å². The van der Waals surface area contributed by atoms with E-state index in [1.807, 2.05) is 16.7 Å². The normalized spacial score (nSPS) is 10.4. The summed E-state index contributed by atoms with van der Waals surface area (Å²) in [6, 6.07) is 7.22. The highest BCUT2D eigenvalue weighted by atomic mass is 35.5. The topological polar surface area (TPSA) is 66.2 Å². The molecule has 0 unspecified atom stereocenters. The summed E-state index contributed by atoms with van der Waals surface area (Å²) in [7, 11) is 0. The van der Waals surface area contributed by atoms with Crippen molar-refractivity contribution in [2.75, 3.05) is 12.4 Å². The van der Waals surface area contributed by atoms with Gasteiger partial charge in [0.15, 0.2) is 11.0 Å². The van der Waals surface area contributed by atoms with Crippen molar-refractivity contribution in [3.05, 3.63) is 47.8 Å². The van der Waals surface area contributed by atoms with E-state index in [1.54, 1.807) is 25.1 Å². The summed E-state index contributed by atoms with van der Waals surface area (Å²) in [5, 5.41) is 9.38. The minimum absolute atomic E-state index is 0.175. The molecule has 1 aromatic heterocycles. The fourth-order valence-corrected chi connectivity index (χ4v) is 2.83. The first kappa shape index (κ1) is 18.4. The molecule has 0 aliphatic carbocycles. The van der Waals surface area contributed by atoms with Gasteiger partial charge in [-0.25, -0.2) is 0 Å². The van der Waals surface area contributed by atoms with Gasteiger partial charge in [-0.1, -0.05) is 41.6 Å². The fourth-order valence-electron chi connectivity index (χ4n) is 1.88. The van der Waals surface area contributed by atoms with E-state index in [2.05, 4.69) is 16.8 Å². The number of carbonyl (C=O) groups is 1. The van der Waals surface area contributed by atoms with E-state index in [4.69, 9.17) is 21.1 Å². The molecule has 2 aromatic rings. The molecule has 0 saturated heterocycles. The van der Waals surface area contributed by atoms with Crippen molar-refractivity contribution in [1.82, 2.24) is 14.8 Å². The smallest absolute Gasteiger partial charge is 0.316 e. The van der Waals surface area contributed by atoms with Gasteiger partial charge in [-0.3, -0.25) is 9.36 Å². The second-order valence-electron chi connectivity index (χ2n) is 4.61. The SMILES string of the molecule is C=CCn1c(COc2ccccc2Cl)nnc1SCC(=O)OCC. The second kappa shape index (κ2) is 9.34. The van der Waals surface area contributed by atoms with Crippen molar-refractivity contribution in [3.63, 3.8) is 0 Å². The van der Waals surface area contributed by atoms with E-state index in [-0.39, 0.29) is 18.3 Å². The molecule has 0 aliphatic rings. The van der Waals surface area contributed by atoms with Crippen molar-refractivity contribution < 1.29 is 14.3 Å². The molecular weight excluding hydrogens is 350 g/mol. The standard InChI is InChI=1S/C16H18ClN3O3S/c1-3-9-20-14(10-23-13-8-6-5-7-12(13)17)18-19-16(20)24-11-15(21)22-4-2/h3,5-8H,1,4,9-11H2,2H3. The number of hydrogen-bond acceptors (Lipinski definition) is 6. The number of aromatic nitrogens is 3. The quantitative estimate of drug-likeness (QED) is 0.384. The first-order chi connectivity index (χ1) is 11.7. The number of carbonyl (C=O) groups excluding carboxylic acids is 1. The highest BCUT2D eigenvalue weighted by Gasteiger charge is 2.14. The van der Waals surface area contributed by atoms with Crippen LogP contribution >= 0.6 is 23.4 Å². The number of esters is 1. The van der Waals surface area contributed by atoms with Crippen molar-refractivity contribution in [2.45, 2.75) is 25.2 Å². The number of nitrogens with zero attached hydrogens (tertiary/aromatic N) is 3. The molecule has 1 aromatic carbocycles. The third-order valence-electron chi connectivity index (χ3n) is 2.92.